The summed E-state index contributed by atoms with van der Waals surface area (Å²) in [5, 5.41) is 8.12. The van der Waals surface area contributed by atoms with Gasteiger partial charge in [-0.05, 0) is 104 Å². The van der Waals surface area contributed by atoms with Gasteiger partial charge in [-0.2, -0.15) is 19.6 Å². The van der Waals surface area contributed by atoms with Crippen LogP contribution in [0.1, 0.15) is 69.2 Å². The largest absolute Gasteiger partial charge is 0.516 e. The molecule has 0 radical (unpaired) electrons. The van der Waals surface area contributed by atoms with Crippen LogP contribution in [0, 0.1) is 3.70 Å². The Morgan fingerprint density at radius 1 is 0.853 bits per heavy atom. The fourth-order valence-electron chi connectivity index (χ4n) is 2.55. The van der Waals surface area contributed by atoms with E-state index in [4.69, 9.17) is 18.8 Å². The molecule has 0 unspecified atom stereocenters. The number of halogens is 1. The minimum Gasteiger partial charge on any atom is -0.442 e. The van der Waals surface area contributed by atoms with Gasteiger partial charge in [0.1, 0.15) is 14.9 Å². The first-order valence-electron chi connectivity index (χ1n) is 10.9. The molecule has 0 aromatic carbocycles. The Bertz CT molecular complexity index is 1000. The molecule has 34 heavy (non-hydrogen) atoms. The lowest BCUT2D eigenvalue weighted by Gasteiger charge is -2.32. The number of aromatic nitrogens is 4. The molecule has 10 nitrogen and oxygen atoms in total. The normalized spacial score (nSPS) is 17.1. The summed E-state index contributed by atoms with van der Waals surface area (Å²) < 4.78 is 25.3. The van der Waals surface area contributed by atoms with Gasteiger partial charge in [-0.25, -0.2) is 9.59 Å². The monoisotopic (exact) mass is 588 g/mol. The second-order valence-electron chi connectivity index (χ2n) is 10.8. The molecule has 12 heteroatoms. The lowest BCUT2D eigenvalue weighted by molar-refractivity contribution is 0.00578. The van der Waals surface area contributed by atoms with Gasteiger partial charge in [0, 0.05) is 12.4 Å². The van der Waals surface area contributed by atoms with E-state index in [2.05, 4.69) is 10.2 Å². The highest BCUT2D eigenvalue weighted by Gasteiger charge is 2.52. The first-order chi connectivity index (χ1) is 15.3. The molecule has 0 aliphatic carbocycles. The average Bonchev–Trinajstić information content (AvgIpc) is 3.31. The molecule has 0 atom stereocenters. The van der Waals surface area contributed by atoms with Crippen LogP contribution in [0.15, 0.2) is 24.5 Å². The van der Waals surface area contributed by atoms with Gasteiger partial charge < -0.3 is 18.8 Å². The SMILES string of the molecule is CC(C)(C)OC(=O)n1ccc(B2OC(C)(C)C(C)(C)O2)n1.CC(C)(C)OC(=O)n1ccc(I)n1. The van der Waals surface area contributed by atoms with Crippen molar-refractivity contribution in [3.05, 3.63) is 28.2 Å². The van der Waals surface area contributed by atoms with E-state index in [-0.39, 0.29) is 0 Å². The van der Waals surface area contributed by atoms with E-state index in [9.17, 15) is 9.59 Å². The molecule has 1 aliphatic heterocycles. The van der Waals surface area contributed by atoms with Crippen molar-refractivity contribution >= 4 is 47.5 Å². The molecule has 0 bridgehead atoms. The van der Waals surface area contributed by atoms with Crippen LogP contribution < -0.4 is 5.59 Å². The molecular weight excluding hydrogens is 554 g/mol. The Balaban J connectivity index is 0.000000270. The fraction of sp³-hybridized carbons (Fsp3) is 0.636. The molecule has 3 rings (SSSR count). The third-order valence-electron chi connectivity index (χ3n) is 4.82. The van der Waals surface area contributed by atoms with Crippen LogP contribution in [-0.4, -0.2) is 61.3 Å². The Morgan fingerprint density at radius 2 is 1.26 bits per heavy atom. The van der Waals surface area contributed by atoms with E-state index in [1.807, 2.05) is 91.8 Å². The molecule has 0 spiro atoms. The highest BCUT2D eigenvalue weighted by Crippen LogP contribution is 2.36. The summed E-state index contributed by atoms with van der Waals surface area (Å²) in [5.41, 5.74) is -1.36. The summed E-state index contributed by atoms with van der Waals surface area (Å²) in [6.45, 7) is 18.8. The van der Waals surface area contributed by atoms with Crippen molar-refractivity contribution in [2.75, 3.05) is 0 Å². The van der Waals surface area contributed by atoms with Crippen molar-refractivity contribution in [1.82, 2.24) is 19.6 Å². The lowest BCUT2D eigenvalue weighted by atomic mass is 9.85. The number of rotatable bonds is 1. The van der Waals surface area contributed by atoms with Crippen LogP contribution >= 0.6 is 22.6 Å². The number of hydrogen-bond acceptors (Lipinski definition) is 8. The lowest BCUT2D eigenvalue weighted by Crippen LogP contribution is -2.41. The Morgan fingerprint density at radius 3 is 1.65 bits per heavy atom. The summed E-state index contributed by atoms with van der Waals surface area (Å²) in [7, 11) is -0.585. The highest BCUT2D eigenvalue weighted by atomic mass is 127. The van der Waals surface area contributed by atoms with Crippen LogP contribution in [0.2, 0.25) is 0 Å². The van der Waals surface area contributed by atoms with Gasteiger partial charge in [0.15, 0.2) is 0 Å². The molecule has 1 fully saturated rings. The van der Waals surface area contributed by atoms with Gasteiger partial charge in [-0.15, -0.1) is 0 Å². The van der Waals surface area contributed by atoms with Crippen LogP contribution in [0.4, 0.5) is 9.59 Å². The van der Waals surface area contributed by atoms with Gasteiger partial charge in [-0.3, -0.25) is 0 Å². The van der Waals surface area contributed by atoms with Crippen molar-refractivity contribution < 1.29 is 28.4 Å². The summed E-state index contributed by atoms with van der Waals surface area (Å²) in [5.74, 6) is 0. The molecule has 1 aliphatic rings. The number of carbonyl (C=O) groups is 2. The minimum atomic E-state index is -0.585. The topological polar surface area (TPSA) is 107 Å². The van der Waals surface area contributed by atoms with E-state index >= 15 is 0 Å². The molecule has 0 N–H and O–H groups in total. The van der Waals surface area contributed by atoms with Gasteiger partial charge in [-0.1, -0.05) is 0 Å². The maximum atomic E-state index is 11.9. The average molecular weight is 588 g/mol. The summed E-state index contributed by atoms with van der Waals surface area (Å²) in [4.78, 5) is 23.3. The third kappa shape index (κ3) is 7.80. The van der Waals surface area contributed by atoms with Crippen molar-refractivity contribution in [2.24, 2.45) is 0 Å². The van der Waals surface area contributed by atoms with Crippen LogP contribution in [0.3, 0.4) is 0 Å². The first-order valence-corrected chi connectivity index (χ1v) is 12.0. The smallest absolute Gasteiger partial charge is 0.442 e. The zero-order valence-electron chi connectivity index (χ0n) is 21.5. The van der Waals surface area contributed by atoms with Gasteiger partial charge >= 0.3 is 19.3 Å². The van der Waals surface area contributed by atoms with E-state index in [1.165, 1.54) is 4.68 Å². The predicted octanol–water partition coefficient (Wildman–Crippen LogP) is 4.24. The van der Waals surface area contributed by atoms with Crippen molar-refractivity contribution in [3.8, 4) is 0 Å². The highest BCUT2D eigenvalue weighted by molar-refractivity contribution is 14.1. The zero-order valence-corrected chi connectivity index (χ0v) is 23.7. The molecular formula is C22H34BIN4O6. The van der Waals surface area contributed by atoms with Crippen LogP contribution in [0.5, 0.6) is 0 Å². The second-order valence-corrected chi connectivity index (χ2v) is 11.9. The van der Waals surface area contributed by atoms with Crippen molar-refractivity contribution in [2.45, 2.75) is 91.6 Å². The Kier molecular flexibility index (Phi) is 8.31. The van der Waals surface area contributed by atoms with Gasteiger partial charge in [0.25, 0.3) is 0 Å². The van der Waals surface area contributed by atoms with Crippen LogP contribution in [-0.2, 0) is 18.8 Å². The quantitative estimate of drug-likeness (QED) is 0.360. The maximum Gasteiger partial charge on any atom is 0.516 e. The van der Waals surface area contributed by atoms with Crippen molar-refractivity contribution in [3.63, 3.8) is 0 Å². The van der Waals surface area contributed by atoms with E-state index in [1.54, 1.807) is 24.5 Å². The molecule has 3 heterocycles. The predicted molar refractivity (Wildman–Crippen MR) is 136 cm³/mol. The molecule has 2 aromatic heterocycles. The van der Waals surface area contributed by atoms with E-state index in [0.717, 1.165) is 8.38 Å². The molecule has 0 saturated carbocycles. The van der Waals surface area contributed by atoms with E-state index < -0.39 is 41.7 Å². The summed E-state index contributed by atoms with van der Waals surface area (Å²) in [6.07, 6.45) is 2.16. The molecule has 188 valence electrons. The van der Waals surface area contributed by atoms with Gasteiger partial charge in [0.05, 0.1) is 16.8 Å². The van der Waals surface area contributed by atoms with E-state index in [0.29, 0.717) is 5.59 Å². The summed E-state index contributed by atoms with van der Waals surface area (Å²) >= 11 is 2.03. The van der Waals surface area contributed by atoms with Gasteiger partial charge in [0.2, 0.25) is 0 Å². The minimum absolute atomic E-state index is 0.437. The molecule has 2 aromatic rings. The molecule has 1 saturated heterocycles. The molecule has 0 amide bonds. The maximum absolute atomic E-state index is 11.9. The number of hydrogen-bond donors (Lipinski definition) is 0. The third-order valence-corrected chi connectivity index (χ3v) is 5.40. The summed E-state index contributed by atoms with van der Waals surface area (Å²) in [6, 6.07) is 3.44. The second kappa shape index (κ2) is 9.98. The number of carbonyl (C=O) groups excluding carboxylic acids is 2. The zero-order chi connectivity index (χ0) is 26.1. The van der Waals surface area contributed by atoms with Crippen molar-refractivity contribution in [1.29, 1.82) is 0 Å². The Hall–Kier alpha value is -1.93. The Labute approximate surface area is 214 Å². The fourth-order valence-corrected chi connectivity index (χ4v) is 2.94. The first kappa shape index (κ1) is 28.3. The van der Waals surface area contributed by atoms with Crippen LogP contribution in [0.25, 0.3) is 0 Å². The standard InChI is InChI=1S/C14H23BN2O4.C8H11IN2O2/c1-12(2,3)19-11(18)17-9-8-10(16-17)15-20-13(4,5)14(6,7)21-15;1-8(2,3)13-7(12)11-5-4-6(9)10-11/h8-9H,1-7H3;4-5H,1-3H3. The number of nitrogens with zero attached hydrogens (tertiary/aromatic N) is 4. The number of ether oxygens (including phenoxy) is 2.